The van der Waals surface area contributed by atoms with E-state index in [4.69, 9.17) is 0 Å². The Morgan fingerprint density at radius 2 is 1.83 bits per heavy atom. The zero-order valence-corrected chi connectivity index (χ0v) is 16.2. The maximum atomic E-state index is 12.5. The third kappa shape index (κ3) is 3.90. The van der Waals surface area contributed by atoms with Crippen LogP contribution >= 0.6 is 15.9 Å². The van der Waals surface area contributed by atoms with Crippen LogP contribution in [0.15, 0.2) is 57.9 Å². The summed E-state index contributed by atoms with van der Waals surface area (Å²) < 4.78 is 26.0. The minimum absolute atomic E-state index is 0.143. The fraction of sp³-hybridized carbons (Fsp3) is 0.368. The summed E-state index contributed by atoms with van der Waals surface area (Å²) >= 11 is 3.34. The minimum atomic E-state index is -3.25. The summed E-state index contributed by atoms with van der Waals surface area (Å²) in [5.41, 5.74) is 2.75. The molecule has 2 aromatic carbocycles. The number of nitrogens with zero attached hydrogens (tertiary/aromatic N) is 1. The number of fused-ring (bicyclic) bond motifs is 1. The molecule has 0 amide bonds. The van der Waals surface area contributed by atoms with E-state index in [-0.39, 0.29) is 5.75 Å². The van der Waals surface area contributed by atoms with E-state index in [0.29, 0.717) is 17.5 Å². The van der Waals surface area contributed by atoms with Crippen LogP contribution in [0.25, 0.3) is 0 Å². The quantitative estimate of drug-likeness (QED) is 0.743. The zero-order valence-electron chi connectivity index (χ0n) is 13.8. The van der Waals surface area contributed by atoms with Gasteiger partial charge in [-0.1, -0.05) is 40.2 Å². The Balaban J connectivity index is 1.70. The predicted octanol–water partition coefficient (Wildman–Crippen LogP) is 4.23. The van der Waals surface area contributed by atoms with Gasteiger partial charge in [0.05, 0.1) is 10.6 Å². The van der Waals surface area contributed by atoms with E-state index < -0.39 is 9.84 Å². The normalized spacial score (nSPS) is 17.7. The highest BCUT2D eigenvalue weighted by atomic mass is 79.9. The number of hydrogen-bond acceptors (Lipinski definition) is 3. The van der Waals surface area contributed by atoms with Crippen LogP contribution in [0.4, 0.5) is 0 Å². The van der Waals surface area contributed by atoms with Crippen molar-refractivity contribution in [3.63, 3.8) is 0 Å². The lowest BCUT2D eigenvalue weighted by Gasteiger charge is -2.33. The van der Waals surface area contributed by atoms with Crippen LogP contribution in [0, 0.1) is 0 Å². The summed E-state index contributed by atoms with van der Waals surface area (Å²) in [6, 6.07) is 15.7. The molecule has 0 aliphatic heterocycles. The molecule has 2 aromatic rings. The molecule has 0 saturated carbocycles. The first kappa shape index (κ1) is 17.6. The van der Waals surface area contributed by atoms with Crippen molar-refractivity contribution in [2.24, 2.45) is 0 Å². The van der Waals surface area contributed by atoms with Crippen molar-refractivity contribution in [2.45, 2.75) is 30.2 Å². The van der Waals surface area contributed by atoms with Crippen LogP contribution in [-0.2, 0) is 16.3 Å². The second kappa shape index (κ2) is 7.38. The standard InChI is InChI=1S/C19H22BrNO2S/c1-21(19-8-4-6-15-5-2-3-7-18(15)19)13-14-24(22,23)17-11-9-16(20)10-12-17/h2-3,5,7,9-12,19H,4,6,8,13-14H2,1H3/t19-/m0/s1. The van der Waals surface area contributed by atoms with E-state index in [1.807, 2.05) is 7.05 Å². The highest BCUT2D eigenvalue weighted by Crippen LogP contribution is 2.33. The summed E-state index contributed by atoms with van der Waals surface area (Å²) in [6.07, 6.45) is 3.37. The number of aryl methyl sites for hydroxylation is 1. The molecule has 0 N–H and O–H groups in total. The van der Waals surface area contributed by atoms with Gasteiger partial charge in [-0.05, 0) is 61.7 Å². The van der Waals surface area contributed by atoms with Gasteiger partial charge < -0.3 is 0 Å². The Bertz CT molecular complexity index is 802. The van der Waals surface area contributed by atoms with Crippen molar-refractivity contribution < 1.29 is 8.42 Å². The van der Waals surface area contributed by atoms with Crippen LogP contribution < -0.4 is 0 Å². The monoisotopic (exact) mass is 407 g/mol. The van der Waals surface area contributed by atoms with Crippen LogP contribution in [0.2, 0.25) is 0 Å². The van der Waals surface area contributed by atoms with Crippen molar-refractivity contribution in [3.8, 4) is 0 Å². The third-order valence-electron chi connectivity index (χ3n) is 4.76. The van der Waals surface area contributed by atoms with Gasteiger partial charge in [0.1, 0.15) is 0 Å². The van der Waals surface area contributed by atoms with E-state index in [1.165, 1.54) is 11.1 Å². The summed E-state index contributed by atoms with van der Waals surface area (Å²) in [7, 11) is -1.22. The molecule has 0 unspecified atom stereocenters. The minimum Gasteiger partial charge on any atom is -0.298 e. The molecule has 0 aromatic heterocycles. The smallest absolute Gasteiger partial charge is 0.179 e. The van der Waals surface area contributed by atoms with E-state index in [0.717, 1.165) is 23.7 Å². The van der Waals surface area contributed by atoms with Gasteiger partial charge in [-0.2, -0.15) is 0 Å². The number of rotatable bonds is 5. The van der Waals surface area contributed by atoms with Gasteiger partial charge in [-0.15, -0.1) is 0 Å². The van der Waals surface area contributed by atoms with Crippen LogP contribution in [0.1, 0.15) is 30.0 Å². The zero-order chi connectivity index (χ0) is 17.2. The van der Waals surface area contributed by atoms with E-state index in [9.17, 15) is 8.42 Å². The Hall–Kier alpha value is -1.17. The Kier molecular flexibility index (Phi) is 5.42. The fourth-order valence-electron chi connectivity index (χ4n) is 3.37. The molecule has 3 rings (SSSR count). The topological polar surface area (TPSA) is 37.4 Å². The number of sulfone groups is 1. The molecule has 0 saturated heterocycles. The Labute approximate surface area is 152 Å². The van der Waals surface area contributed by atoms with Gasteiger partial charge in [0.15, 0.2) is 9.84 Å². The molecular weight excluding hydrogens is 386 g/mol. The molecule has 24 heavy (non-hydrogen) atoms. The highest BCUT2D eigenvalue weighted by molar-refractivity contribution is 9.10. The lowest BCUT2D eigenvalue weighted by Crippen LogP contribution is -2.32. The molecule has 0 fully saturated rings. The van der Waals surface area contributed by atoms with Crippen molar-refractivity contribution in [3.05, 3.63) is 64.1 Å². The number of benzene rings is 2. The van der Waals surface area contributed by atoms with Gasteiger partial charge >= 0.3 is 0 Å². The molecule has 0 radical (unpaired) electrons. The summed E-state index contributed by atoms with van der Waals surface area (Å²) in [6.45, 7) is 0.539. The average Bonchev–Trinajstić information content (AvgIpc) is 2.59. The van der Waals surface area contributed by atoms with Crippen molar-refractivity contribution >= 4 is 25.8 Å². The molecule has 128 valence electrons. The van der Waals surface area contributed by atoms with Crippen LogP contribution in [0.3, 0.4) is 0 Å². The summed E-state index contributed by atoms with van der Waals surface area (Å²) in [5.74, 6) is 0.143. The maximum absolute atomic E-state index is 12.5. The molecule has 5 heteroatoms. The van der Waals surface area contributed by atoms with E-state index in [2.05, 4.69) is 45.1 Å². The largest absolute Gasteiger partial charge is 0.298 e. The Morgan fingerprint density at radius 3 is 2.58 bits per heavy atom. The second-order valence-electron chi connectivity index (χ2n) is 6.36. The molecule has 1 aliphatic carbocycles. The van der Waals surface area contributed by atoms with Gasteiger partial charge in [0.2, 0.25) is 0 Å². The van der Waals surface area contributed by atoms with Crippen LogP contribution in [-0.4, -0.2) is 32.7 Å². The molecule has 0 heterocycles. The van der Waals surface area contributed by atoms with Crippen LogP contribution in [0.5, 0.6) is 0 Å². The molecule has 0 bridgehead atoms. The van der Waals surface area contributed by atoms with Gasteiger partial charge in [0, 0.05) is 17.1 Å². The molecular formula is C19H22BrNO2S. The third-order valence-corrected chi connectivity index (χ3v) is 6.99. The summed E-state index contributed by atoms with van der Waals surface area (Å²) in [4.78, 5) is 2.58. The molecule has 3 nitrogen and oxygen atoms in total. The number of hydrogen-bond donors (Lipinski definition) is 0. The summed E-state index contributed by atoms with van der Waals surface area (Å²) in [5, 5.41) is 0. The average molecular weight is 408 g/mol. The van der Waals surface area contributed by atoms with E-state index in [1.54, 1.807) is 24.3 Å². The lowest BCUT2D eigenvalue weighted by molar-refractivity contribution is 0.233. The fourth-order valence-corrected chi connectivity index (χ4v) is 4.95. The van der Waals surface area contributed by atoms with Crippen molar-refractivity contribution in [2.75, 3.05) is 19.3 Å². The van der Waals surface area contributed by atoms with Crippen molar-refractivity contribution in [1.82, 2.24) is 4.90 Å². The van der Waals surface area contributed by atoms with Gasteiger partial charge in [0.25, 0.3) is 0 Å². The lowest BCUT2D eigenvalue weighted by atomic mass is 9.87. The predicted molar refractivity (Wildman–Crippen MR) is 101 cm³/mol. The first-order valence-corrected chi connectivity index (χ1v) is 10.7. The molecule has 0 spiro atoms. The van der Waals surface area contributed by atoms with E-state index >= 15 is 0 Å². The first-order chi connectivity index (χ1) is 11.5. The SMILES string of the molecule is CN(CCS(=O)(=O)c1ccc(Br)cc1)[C@H]1CCCc2ccccc21. The maximum Gasteiger partial charge on any atom is 0.179 e. The van der Waals surface area contributed by atoms with Gasteiger partial charge in [-0.25, -0.2) is 8.42 Å². The molecule has 1 aliphatic rings. The second-order valence-corrected chi connectivity index (χ2v) is 9.39. The molecule has 1 atom stereocenters. The number of halogens is 1. The highest BCUT2D eigenvalue weighted by Gasteiger charge is 2.24. The van der Waals surface area contributed by atoms with Crippen molar-refractivity contribution in [1.29, 1.82) is 0 Å². The first-order valence-electron chi connectivity index (χ1n) is 8.24. The van der Waals surface area contributed by atoms with Gasteiger partial charge in [-0.3, -0.25) is 4.90 Å². The Morgan fingerprint density at radius 1 is 1.12 bits per heavy atom.